The van der Waals surface area contributed by atoms with E-state index in [4.69, 9.17) is 15.9 Å². The van der Waals surface area contributed by atoms with Gasteiger partial charge in [-0.25, -0.2) is 9.97 Å². The van der Waals surface area contributed by atoms with E-state index < -0.39 is 0 Å². The highest BCUT2D eigenvalue weighted by atomic mass is 16.5. The summed E-state index contributed by atoms with van der Waals surface area (Å²) in [4.78, 5) is 11.2. The van der Waals surface area contributed by atoms with Gasteiger partial charge in [-0.05, 0) is 50.6 Å². The van der Waals surface area contributed by atoms with Crippen LogP contribution >= 0.6 is 0 Å². The number of nitrogens with zero attached hydrogens (tertiary/aromatic N) is 4. The van der Waals surface area contributed by atoms with Gasteiger partial charge < -0.3 is 9.47 Å². The number of aromatic nitrogens is 4. The van der Waals surface area contributed by atoms with E-state index in [1.54, 1.807) is 12.4 Å². The number of hydrogen-bond acceptors (Lipinski definition) is 6. The second kappa shape index (κ2) is 8.93. The summed E-state index contributed by atoms with van der Waals surface area (Å²) in [7, 11) is 0. The van der Waals surface area contributed by atoms with E-state index in [9.17, 15) is 0 Å². The molecule has 0 radical (unpaired) electrons. The zero-order valence-electron chi connectivity index (χ0n) is 16.6. The Morgan fingerprint density at radius 1 is 1.17 bits per heavy atom. The van der Waals surface area contributed by atoms with Crippen LogP contribution in [0.5, 0.6) is 11.5 Å². The van der Waals surface area contributed by atoms with Gasteiger partial charge in [0.05, 0.1) is 12.3 Å². The van der Waals surface area contributed by atoms with Gasteiger partial charge in [0.15, 0.2) is 17.1 Å². The van der Waals surface area contributed by atoms with Gasteiger partial charge >= 0.3 is 0 Å². The number of hydrogen-bond donors (Lipinski definition) is 1. The lowest BCUT2D eigenvalue weighted by atomic mass is 9.93. The van der Waals surface area contributed by atoms with E-state index in [0.717, 1.165) is 49.4 Å². The fourth-order valence-corrected chi connectivity index (χ4v) is 3.85. The first kappa shape index (κ1) is 19.2. The van der Waals surface area contributed by atoms with Crippen LogP contribution in [-0.2, 0) is 6.54 Å². The minimum Gasteiger partial charge on any atom is -0.490 e. The van der Waals surface area contributed by atoms with Gasteiger partial charge in [0.1, 0.15) is 12.1 Å². The molecule has 0 saturated carbocycles. The number of benzene rings is 1. The monoisotopic (exact) mass is 391 g/mol. The Bertz CT molecular complexity index is 1000. The average molecular weight is 391 g/mol. The quantitative estimate of drug-likeness (QED) is 0.624. The third kappa shape index (κ3) is 4.33. The topological polar surface area (TPSA) is 76.2 Å². The smallest absolute Gasteiger partial charge is 0.199 e. The van der Waals surface area contributed by atoms with Crippen molar-refractivity contribution in [2.75, 3.05) is 26.3 Å². The number of rotatable bonds is 7. The molecular formula is C22H25N5O2. The van der Waals surface area contributed by atoms with Crippen LogP contribution in [0.15, 0.2) is 30.6 Å². The van der Waals surface area contributed by atoms with E-state index >= 15 is 0 Å². The highest BCUT2D eigenvalue weighted by Crippen LogP contribution is 2.32. The normalized spacial score (nSPS) is 15.3. The Morgan fingerprint density at radius 3 is 2.79 bits per heavy atom. The molecule has 4 rings (SSSR count). The highest BCUT2D eigenvalue weighted by molar-refractivity contribution is 5.72. The van der Waals surface area contributed by atoms with Crippen molar-refractivity contribution in [1.29, 1.82) is 0 Å². The first-order valence-corrected chi connectivity index (χ1v) is 9.97. The van der Waals surface area contributed by atoms with Gasteiger partial charge in [0.2, 0.25) is 0 Å². The largest absolute Gasteiger partial charge is 0.490 e. The number of H-pyrrole nitrogens is 1. The van der Waals surface area contributed by atoms with E-state index in [2.05, 4.69) is 43.1 Å². The van der Waals surface area contributed by atoms with Gasteiger partial charge in [0.25, 0.3) is 0 Å². The number of ether oxygens (including phenoxy) is 2. The predicted molar refractivity (Wildman–Crippen MR) is 111 cm³/mol. The Labute approximate surface area is 170 Å². The molecule has 3 aromatic rings. The Hall–Kier alpha value is -3.11. The minimum absolute atomic E-state index is 0.236. The van der Waals surface area contributed by atoms with Crippen LogP contribution < -0.4 is 9.47 Å². The van der Waals surface area contributed by atoms with Crippen molar-refractivity contribution < 1.29 is 9.47 Å². The zero-order chi connectivity index (χ0) is 20.1. The maximum atomic E-state index is 5.73. The maximum Gasteiger partial charge on any atom is 0.199 e. The summed E-state index contributed by atoms with van der Waals surface area (Å²) in [6, 6.07) is 6.08. The van der Waals surface area contributed by atoms with Crippen molar-refractivity contribution >= 4 is 11.2 Å². The maximum absolute atomic E-state index is 5.73. The van der Waals surface area contributed by atoms with Crippen molar-refractivity contribution in [2.45, 2.75) is 32.2 Å². The second-order valence-corrected chi connectivity index (χ2v) is 7.12. The molecule has 0 amide bonds. The molecular weight excluding hydrogens is 366 g/mol. The molecule has 150 valence electrons. The van der Waals surface area contributed by atoms with E-state index in [0.29, 0.717) is 23.9 Å². The lowest BCUT2D eigenvalue weighted by Gasteiger charge is -2.31. The standard InChI is InChI=1S/C22H25N5O2/c1-3-13-29-18-6-5-16(14-19(18)28-4-2)15-27-11-7-17(8-12-27)20-21-22(26-25-20)24-10-9-23-21/h1,5-6,9-10,14,17H,4,7-8,11-13,15H2,2H3,(H,24,25,26). The number of piperidine rings is 1. The van der Waals surface area contributed by atoms with Gasteiger partial charge in [-0.15, -0.1) is 6.42 Å². The molecule has 1 saturated heterocycles. The third-order valence-corrected chi connectivity index (χ3v) is 5.24. The second-order valence-electron chi connectivity index (χ2n) is 7.12. The Morgan fingerprint density at radius 2 is 2.00 bits per heavy atom. The van der Waals surface area contributed by atoms with Crippen LogP contribution in [-0.4, -0.2) is 51.4 Å². The zero-order valence-corrected chi connectivity index (χ0v) is 16.6. The molecule has 7 heteroatoms. The Balaban J connectivity index is 1.39. The van der Waals surface area contributed by atoms with Crippen LogP contribution in [0.2, 0.25) is 0 Å². The minimum atomic E-state index is 0.236. The van der Waals surface area contributed by atoms with Gasteiger partial charge in [-0.1, -0.05) is 12.0 Å². The van der Waals surface area contributed by atoms with Gasteiger partial charge in [-0.2, -0.15) is 5.10 Å². The summed E-state index contributed by atoms with van der Waals surface area (Å²) in [5.41, 5.74) is 3.91. The number of likely N-dealkylation sites (tertiary alicyclic amines) is 1. The van der Waals surface area contributed by atoms with Crippen LogP contribution in [0.4, 0.5) is 0 Å². The number of terminal acetylenes is 1. The van der Waals surface area contributed by atoms with Crippen molar-refractivity contribution in [3.63, 3.8) is 0 Å². The third-order valence-electron chi connectivity index (χ3n) is 5.24. The molecule has 0 spiro atoms. The molecule has 1 aliphatic heterocycles. The van der Waals surface area contributed by atoms with E-state index in [-0.39, 0.29) is 6.61 Å². The van der Waals surface area contributed by atoms with Crippen LogP contribution in [0, 0.1) is 12.3 Å². The molecule has 0 unspecified atom stereocenters. The Kier molecular flexibility index (Phi) is 5.92. The summed E-state index contributed by atoms with van der Waals surface area (Å²) in [6.45, 7) is 5.70. The predicted octanol–water partition coefficient (Wildman–Crippen LogP) is 3.14. The van der Waals surface area contributed by atoms with E-state index in [1.807, 2.05) is 13.0 Å². The summed E-state index contributed by atoms with van der Waals surface area (Å²) < 4.78 is 11.3. The summed E-state index contributed by atoms with van der Waals surface area (Å²) in [6.07, 6.45) is 10.8. The van der Waals surface area contributed by atoms with Crippen molar-refractivity contribution in [3.05, 3.63) is 41.9 Å². The molecule has 1 aromatic carbocycles. The molecule has 0 atom stereocenters. The van der Waals surface area contributed by atoms with Gasteiger partial charge in [-0.3, -0.25) is 10.00 Å². The molecule has 29 heavy (non-hydrogen) atoms. The van der Waals surface area contributed by atoms with E-state index in [1.165, 1.54) is 5.56 Å². The molecule has 1 N–H and O–H groups in total. The molecule has 7 nitrogen and oxygen atoms in total. The molecule has 1 aliphatic rings. The van der Waals surface area contributed by atoms with Crippen molar-refractivity contribution in [2.24, 2.45) is 0 Å². The molecule has 0 aliphatic carbocycles. The van der Waals surface area contributed by atoms with Crippen molar-refractivity contribution in [1.82, 2.24) is 25.1 Å². The van der Waals surface area contributed by atoms with Gasteiger partial charge in [0, 0.05) is 24.9 Å². The highest BCUT2D eigenvalue weighted by Gasteiger charge is 2.24. The number of aromatic amines is 1. The number of nitrogens with one attached hydrogen (secondary N) is 1. The van der Waals surface area contributed by atoms with Crippen LogP contribution in [0.3, 0.4) is 0 Å². The number of fused-ring (bicyclic) bond motifs is 1. The summed E-state index contributed by atoms with van der Waals surface area (Å²) >= 11 is 0. The summed E-state index contributed by atoms with van der Waals surface area (Å²) in [5.74, 6) is 4.37. The van der Waals surface area contributed by atoms with Crippen LogP contribution in [0.25, 0.3) is 11.2 Å². The molecule has 1 fully saturated rings. The summed E-state index contributed by atoms with van der Waals surface area (Å²) in [5, 5.41) is 7.44. The fourth-order valence-electron chi connectivity index (χ4n) is 3.85. The van der Waals surface area contributed by atoms with Crippen LogP contribution in [0.1, 0.15) is 36.9 Å². The lowest BCUT2D eigenvalue weighted by Crippen LogP contribution is -2.32. The fraction of sp³-hybridized carbons (Fsp3) is 0.409. The molecule has 0 bridgehead atoms. The first-order chi connectivity index (χ1) is 14.3. The lowest BCUT2D eigenvalue weighted by molar-refractivity contribution is 0.203. The SMILES string of the molecule is C#CCOc1ccc(CN2CCC(c3[nH]nc4nccnc34)CC2)cc1OCC. The average Bonchev–Trinajstić information content (AvgIpc) is 3.18. The molecule has 3 heterocycles. The first-order valence-electron chi connectivity index (χ1n) is 9.97. The van der Waals surface area contributed by atoms with Crippen molar-refractivity contribution in [3.8, 4) is 23.8 Å². The molecule has 2 aromatic heterocycles.